The second-order valence-corrected chi connectivity index (χ2v) is 6.07. The number of hydrogen-bond donors (Lipinski definition) is 0. The quantitative estimate of drug-likeness (QED) is 0.392. The zero-order chi connectivity index (χ0) is 15.8. The molecular weight excluding hydrogens is 308 g/mol. The molecule has 0 saturated carbocycles. The first kappa shape index (κ1) is 14.3. The minimum absolute atomic E-state index is 0.614. The summed E-state index contributed by atoms with van der Waals surface area (Å²) in [5.41, 5.74) is 5.43. The maximum Gasteiger partial charge on any atom is 0.138 e. The number of fused-ring (bicyclic) bond motifs is 5. The Balaban J connectivity index is 1.98. The van der Waals surface area contributed by atoms with Crippen LogP contribution < -0.4 is 4.74 Å². The molecule has 2 aromatic carbocycles. The molecule has 0 atom stereocenters. The van der Waals surface area contributed by atoms with Gasteiger partial charge in [-0.15, -0.1) is 11.6 Å². The molecule has 0 aliphatic carbocycles. The van der Waals surface area contributed by atoms with E-state index in [4.69, 9.17) is 21.3 Å². The van der Waals surface area contributed by atoms with Crippen molar-refractivity contribution in [3.63, 3.8) is 0 Å². The minimum atomic E-state index is 0.614. The van der Waals surface area contributed by atoms with Crippen molar-refractivity contribution >= 4 is 39.2 Å². The zero-order valence-electron chi connectivity index (χ0n) is 12.9. The Morgan fingerprint density at radius 1 is 1.09 bits per heavy atom. The summed E-state index contributed by atoms with van der Waals surface area (Å²) in [5, 5.41) is 1.21. The number of aryl methyl sites for hydroxylation is 1. The van der Waals surface area contributed by atoms with Crippen LogP contribution in [0.25, 0.3) is 27.6 Å². The number of para-hydroxylation sites is 2. The summed E-state index contributed by atoms with van der Waals surface area (Å²) in [4.78, 5) is 4.74. The molecule has 116 valence electrons. The van der Waals surface area contributed by atoms with E-state index in [-0.39, 0.29) is 0 Å². The first-order valence-corrected chi connectivity index (χ1v) is 8.31. The highest BCUT2D eigenvalue weighted by atomic mass is 35.5. The van der Waals surface area contributed by atoms with E-state index in [0.717, 1.165) is 34.4 Å². The van der Waals surface area contributed by atoms with Crippen LogP contribution >= 0.6 is 11.6 Å². The molecule has 0 amide bonds. The predicted molar refractivity (Wildman–Crippen MR) is 95.8 cm³/mol. The molecule has 3 nitrogen and oxygen atoms in total. The van der Waals surface area contributed by atoms with Gasteiger partial charge in [-0.2, -0.15) is 0 Å². The molecule has 0 aliphatic rings. The number of halogens is 1. The van der Waals surface area contributed by atoms with Crippen molar-refractivity contribution in [1.82, 2.24) is 9.38 Å². The number of benzene rings is 2. The van der Waals surface area contributed by atoms with Crippen LogP contribution in [0.4, 0.5) is 0 Å². The first-order valence-electron chi connectivity index (χ1n) is 7.77. The van der Waals surface area contributed by atoms with Crippen molar-refractivity contribution in [3.8, 4) is 5.75 Å². The van der Waals surface area contributed by atoms with Crippen molar-refractivity contribution in [1.29, 1.82) is 0 Å². The number of hydrogen-bond acceptors (Lipinski definition) is 2. The Morgan fingerprint density at radius 3 is 2.83 bits per heavy atom. The molecule has 0 saturated heterocycles. The maximum atomic E-state index is 5.81. The van der Waals surface area contributed by atoms with Gasteiger partial charge in [-0.1, -0.05) is 12.1 Å². The molecule has 0 bridgehead atoms. The monoisotopic (exact) mass is 324 g/mol. The van der Waals surface area contributed by atoms with Crippen LogP contribution in [0.3, 0.4) is 0 Å². The second-order valence-electron chi connectivity index (χ2n) is 5.69. The van der Waals surface area contributed by atoms with Crippen LogP contribution in [0.15, 0.2) is 48.5 Å². The lowest BCUT2D eigenvalue weighted by molar-refractivity contribution is 0.318. The highest BCUT2D eigenvalue weighted by Gasteiger charge is 2.10. The molecule has 23 heavy (non-hydrogen) atoms. The van der Waals surface area contributed by atoms with E-state index in [1.165, 1.54) is 10.9 Å². The number of rotatable bonds is 4. The van der Waals surface area contributed by atoms with Gasteiger partial charge in [0.05, 0.1) is 23.2 Å². The molecule has 4 heteroatoms. The summed E-state index contributed by atoms with van der Waals surface area (Å²) in [5.74, 6) is 1.48. The van der Waals surface area contributed by atoms with Crippen molar-refractivity contribution in [2.45, 2.75) is 13.3 Å². The minimum Gasteiger partial charge on any atom is -0.493 e. The predicted octanol–water partition coefficient (Wildman–Crippen LogP) is 4.96. The molecule has 0 radical (unpaired) electrons. The number of ether oxygens (including phenoxy) is 1. The van der Waals surface area contributed by atoms with Gasteiger partial charge in [0.25, 0.3) is 0 Å². The van der Waals surface area contributed by atoms with Gasteiger partial charge in [-0.25, -0.2) is 4.98 Å². The summed E-state index contributed by atoms with van der Waals surface area (Å²) in [7, 11) is 0. The molecule has 4 aromatic rings. The summed E-state index contributed by atoms with van der Waals surface area (Å²) in [6.07, 6.45) is 0.844. The standard InChI is InChI=1S/C19H17ClN2O/c1-13-11-19-21-16-5-2-3-6-17(16)22(19)18-12-14(7-8-15(13)18)23-10-4-9-20/h2-3,5-8,11-12H,4,9-10H2,1H3. The Labute approximate surface area is 139 Å². The molecule has 4 rings (SSSR count). The fraction of sp³-hybridized carbons (Fsp3) is 0.211. The van der Waals surface area contributed by atoms with E-state index in [0.29, 0.717) is 12.5 Å². The Morgan fingerprint density at radius 2 is 1.96 bits per heavy atom. The molecule has 2 heterocycles. The lowest BCUT2D eigenvalue weighted by Gasteiger charge is -2.10. The summed E-state index contributed by atoms with van der Waals surface area (Å²) < 4.78 is 8.01. The normalized spacial score (nSPS) is 11.6. The van der Waals surface area contributed by atoms with Crippen LogP contribution in [0, 0.1) is 6.92 Å². The Kier molecular flexibility index (Phi) is 3.58. The third-order valence-corrected chi connectivity index (χ3v) is 4.38. The number of nitrogens with zero attached hydrogens (tertiary/aromatic N) is 2. The van der Waals surface area contributed by atoms with Crippen LogP contribution in [0.5, 0.6) is 5.75 Å². The van der Waals surface area contributed by atoms with Gasteiger partial charge in [-0.3, -0.25) is 4.40 Å². The smallest absolute Gasteiger partial charge is 0.138 e. The van der Waals surface area contributed by atoms with Gasteiger partial charge >= 0.3 is 0 Å². The van der Waals surface area contributed by atoms with E-state index < -0.39 is 0 Å². The van der Waals surface area contributed by atoms with Gasteiger partial charge in [0.1, 0.15) is 11.4 Å². The van der Waals surface area contributed by atoms with Gasteiger partial charge in [0.15, 0.2) is 0 Å². The number of alkyl halides is 1. The molecule has 0 fully saturated rings. The summed E-state index contributed by atoms with van der Waals surface area (Å²) in [6.45, 7) is 2.75. The van der Waals surface area contributed by atoms with E-state index in [9.17, 15) is 0 Å². The zero-order valence-corrected chi connectivity index (χ0v) is 13.7. The Hall–Kier alpha value is -2.26. The van der Waals surface area contributed by atoms with Crippen molar-refractivity contribution in [2.75, 3.05) is 12.5 Å². The molecule has 0 spiro atoms. The lowest BCUT2D eigenvalue weighted by Crippen LogP contribution is -1.99. The molecule has 0 N–H and O–H groups in total. The Bertz CT molecular complexity index is 1010. The van der Waals surface area contributed by atoms with Gasteiger partial charge < -0.3 is 4.74 Å². The van der Waals surface area contributed by atoms with Gasteiger partial charge in [0.2, 0.25) is 0 Å². The lowest BCUT2D eigenvalue weighted by atomic mass is 10.1. The fourth-order valence-corrected chi connectivity index (χ4v) is 3.14. The van der Waals surface area contributed by atoms with Crippen LogP contribution in [-0.2, 0) is 0 Å². The average molecular weight is 325 g/mol. The van der Waals surface area contributed by atoms with Crippen molar-refractivity contribution in [2.24, 2.45) is 0 Å². The topological polar surface area (TPSA) is 26.5 Å². The molecular formula is C19H17ClN2O. The number of pyridine rings is 1. The van der Waals surface area contributed by atoms with E-state index in [1.807, 2.05) is 24.3 Å². The highest BCUT2D eigenvalue weighted by Crippen LogP contribution is 2.28. The van der Waals surface area contributed by atoms with E-state index in [1.54, 1.807) is 0 Å². The van der Waals surface area contributed by atoms with Crippen molar-refractivity contribution in [3.05, 3.63) is 54.1 Å². The fourth-order valence-electron chi connectivity index (χ4n) is 3.03. The average Bonchev–Trinajstić information content (AvgIpc) is 2.93. The third kappa shape index (κ3) is 2.41. The first-order chi connectivity index (χ1) is 11.3. The number of imidazole rings is 1. The molecule has 0 aliphatic heterocycles. The third-order valence-electron chi connectivity index (χ3n) is 4.11. The van der Waals surface area contributed by atoms with E-state index >= 15 is 0 Å². The SMILES string of the molecule is Cc1cc2nc3ccccc3n2c2cc(OCCCCl)ccc12. The number of aromatic nitrogens is 2. The molecule has 0 unspecified atom stereocenters. The van der Waals surface area contributed by atoms with Crippen LogP contribution in [0.2, 0.25) is 0 Å². The second kappa shape index (κ2) is 5.74. The van der Waals surface area contributed by atoms with Gasteiger partial charge in [-0.05, 0) is 49.2 Å². The van der Waals surface area contributed by atoms with E-state index in [2.05, 4.69) is 35.6 Å². The molecule has 2 aromatic heterocycles. The highest BCUT2D eigenvalue weighted by molar-refractivity contribution is 6.17. The maximum absolute atomic E-state index is 5.81. The summed E-state index contributed by atoms with van der Waals surface area (Å²) >= 11 is 5.72. The van der Waals surface area contributed by atoms with Crippen LogP contribution in [-0.4, -0.2) is 21.9 Å². The van der Waals surface area contributed by atoms with Gasteiger partial charge in [0, 0.05) is 17.3 Å². The van der Waals surface area contributed by atoms with Crippen LogP contribution in [0.1, 0.15) is 12.0 Å². The van der Waals surface area contributed by atoms with Crippen molar-refractivity contribution < 1.29 is 4.74 Å². The largest absolute Gasteiger partial charge is 0.493 e. The summed E-state index contributed by atoms with van der Waals surface area (Å²) in [6, 6.07) is 16.6.